The van der Waals surface area contributed by atoms with Crippen LogP contribution in [-0.2, 0) is 16.9 Å². The zero-order valence-corrected chi connectivity index (χ0v) is 21.8. The van der Waals surface area contributed by atoms with E-state index in [-0.39, 0.29) is 30.1 Å². The summed E-state index contributed by atoms with van der Waals surface area (Å²) in [4.78, 5) is 29.3. The molecule has 36 heavy (non-hydrogen) atoms. The quantitative estimate of drug-likeness (QED) is 0.421. The Kier molecular flexibility index (Phi) is 7.68. The molecule has 1 aliphatic carbocycles. The molecular weight excluding hydrogens is 454 g/mol. The Hall–Kier alpha value is -3.33. The average Bonchev–Trinajstić information content (AvgIpc) is 3.36. The third-order valence-corrected chi connectivity index (χ3v) is 7.31. The second kappa shape index (κ2) is 10.7. The summed E-state index contributed by atoms with van der Waals surface area (Å²) in [6.45, 7) is 8.82. The molecule has 2 aliphatic rings. The molecule has 1 aromatic carbocycles. The lowest BCUT2D eigenvalue weighted by molar-refractivity contribution is -0.117. The lowest BCUT2D eigenvalue weighted by Crippen LogP contribution is -2.48. The van der Waals surface area contributed by atoms with E-state index in [9.17, 15) is 9.59 Å². The second-order valence-corrected chi connectivity index (χ2v) is 10.7. The molecular formula is C27H39N7O2. The molecule has 3 atom stereocenters. The van der Waals surface area contributed by atoms with Crippen LogP contribution in [0.3, 0.4) is 0 Å². The molecule has 0 unspecified atom stereocenters. The largest absolute Gasteiger partial charge is 0.366 e. The van der Waals surface area contributed by atoms with Crippen molar-refractivity contribution in [3.63, 3.8) is 0 Å². The van der Waals surface area contributed by atoms with Crippen LogP contribution >= 0.6 is 0 Å². The summed E-state index contributed by atoms with van der Waals surface area (Å²) < 4.78 is 0. The van der Waals surface area contributed by atoms with E-state index in [0.29, 0.717) is 13.1 Å². The number of H-pyrrole nitrogens is 1. The molecule has 1 aromatic heterocycles. The van der Waals surface area contributed by atoms with Crippen molar-refractivity contribution >= 4 is 17.8 Å². The Balaban J connectivity index is 1.46. The number of hydrogen-bond donors (Lipinski definition) is 4. The van der Waals surface area contributed by atoms with Crippen LogP contribution in [0.1, 0.15) is 62.4 Å². The van der Waals surface area contributed by atoms with Crippen molar-refractivity contribution < 1.29 is 9.59 Å². The highest BCUT2D eigenvalue weighted by molar-refractivity contribution is 5.87. The third-order valence-electron chi connectivity index (χ3n) is 7.31. The predicted octanol–water partition coefficient (Wildman–Crippen LogP) is 3.50. The Morgan fingerprint density at radius 3 is 2.67 bits per heavy atom. The fourth-order valence-electron chi connectivity index (χ4n) is 5.38. The van der Waals surface area contributed by atoms with Crippen LogP contribution in [0.5, 0.6) is 0 Å². The van der Waals surface area contributed by atoms with Crippen LogP contribution in [0, 0.1) is 0 Å². The number of fused-ring (bicyclic) bond motifs is 1. The van der Waals surface area contributed by atoms with Crippen LogP contribution in [0.25, 0.3) is 0 Å². The van der Waals surface area contributed by atoms with Crippen LogP contribution in [-0.4, -0.2) is 64.7 Å². The minimum Gasteiger partial charge on any atom is -0.366 e. The second-order valence-electron chi connectivity index (χ2n) is 10.7. The van der Waals surface area contributed by atoms with Gasteiger partial charge >= 0.3 is 6.03 Å². The molecule has 4 rings (SSSR count). The number of anilines is 1. The minimum atomic E-state index is -0.529. The average molecular weight is 494 g/mol. The number of aromatic nitrogens is 2. The number of carbonyl (C=O) groups excluding carboxylic acids is 2. The van der Waals surface area contributed by atoms with Gasteiger partial charge in [-0.05, 0) is 65.3 Å². The van der Waals surface area contributed by atoms with Gasteiger partial charge in [-0.3, -0.25) is 9.89 Å². The third kappa shape index (κ3) is 5.56. The lowest BCUT2D eigenvalue weighted by atomic mass is 9.90. The Labute approximate surface area is 213 Å². The smallest absolute Gasteiger partial charge is 0.319 e. The van der Waals surface area contributed by atoms with Gasteiger partial charge in [0.25, 0.3) is 0 Å². The van der Waals surface area contributed by atoms with E-state index in [1.165, 1.54) is 6.08 Å². The molecule has 194 valence electrons. The monoisotopic (exact) mass is 493 g/mol. The van der Waals surface area contributed by atoms with Crippen molar-refractivity contribution in [1.29, 1.82) is 0 Å². The lowest BCUT2D eigenvalue weighted by Gasteiger charge is -2.34. The first-order valence-electron chi connectivity index (χ1n) is 12.7. The van der Waals surface area contributed by atoms with E-state index < -0.39 is 5.54 Å². The molecule has 1 saturated carbocycles. The Morgan fingerprint density at radius 1 is 1.25 bits per heavy atom. The summed E-state index contributed by atoms with van der Waals surface area (Å²) in [6, 6.07) is 10.2. The van der Waals surface area contributed by atoms with Crippen molar-refractivity contribution in [2.24, 2.45) is 0 Å². The van der Waals surface area contributed by atoms with Gasteiger partial charge in [0, 0.05) is 24.2 Å². The topological polar surface area (TPSA) is 105 Å². The van der Waals surface area contributed by atoms with Crippen molar-refractivity contribution in [2.45, 2.75) is 69.7 Å². The van der Waals surface area contributed by atoms with Gasteiger partial charge < -0.3 is 25.8 Å². The SMILES string of the molecule is C=CC(=O)N[C@@H]1CCC[C@@H](Nc2n[nH]c3c2CN(C(=O)N[C@H](CN(C)C)c2ccccc2)C3(C)C)C1. The number of likely N-dealkylation sites (N-methyl/N-ethyl adjacent to an activating group) is 1. The van der Waals surface area contributed by atoms with Crippen molar-refractivity contribution in [3.05, 3.63) is 59.8 Å². The number of hydrogen-bond acceptors (Lipinski definition) is 5. The molecule has 9 heteroatoms. The van der Waals surface area contributed by atoms with Gasteiger partial charge in [-0.1, -0.05) is 36.9 Å². The van der Waals surface area contributed by atoms with Gasteiger partial charge in [-0.15, -0.1) is 0 Å². The molecule has 0 saturated heterocycles. The number of carbonyl (C=O) groups is 2. The number of nitrogens with zero attached hydrogens (tertiary/aromatic N) is 3. The normalized spacial score (nSPS) is 21.5. The number of rotatable bonds is 8. The van der Waals surface area contributed by atoms with Crippen LogP contribution in [0.15, 0.2) is 43.0 Å². The molecule has 4 N–H and O–H groups in total. The van der Waals surface area contributed by atoms with Gasteiger partial charge in [0.1, 0.15) is 0 Å². The van der Waals surface area contributed by atoms with Gasteiger partial charge in [0.05, 0.1) is 23.8 Å². The van der Waals surface area contributed by atoms with Gasteiger partial charge in [-0.2, -0.15) is 5.10 Å². The number of nitrogens with one attached hydrogen (secondary N) is 4. The maximum absolute atomic E-state index is 13.6. The summed E-state index contributed by atoms with van der Waals surface area (Å²) in [7, 11) is 4.02. The first-order valence-corrected chi connectivity index (χ1v) is 12.7. The minimum absolute atomic E-state index is 0.101. The van der Waals surface area contributed by atoms with Crippen LogP contribution < -0.4 is 16.0 Å². The van der Waals surface area contributed by atoms with E-state index in [0.717, 1.165) is 48.3 Å². The first kappa shape index (κ1) is 25.8. The summed E-state index contributed by atoms with van der Waals surface area (Å²) in [6.07, 6.45) is 5.16. The van der Waals surface area contributed by atoms with Crippen LogP contribution in [0.2, 0.25) is 0 Å². The van der Waals surface area contributed by atoms with Crippen molar-refractivity contribution in [2.75, 3.05) is 26.0 Å². The van der Waals surface area contributed by atoms with Crippen LogP contribution in [0.4, 0.5) is 10.6 Å². The molecule has 0 bridgehead atoms. The zero-order chi connectivity index (χ0) is 25.9. The highest BCUT2D eigenvalue weighted by Crippen LogP contribution is 2.41. The number of aromatic amines is 1. The molecule has 0 spiro atoms. The molecule has 2 heterocycles. The fourth-order valence-corrected chi connectivity index (χ4v) is 5.38. The molecule has 9 nitrogen and oxygen atoms in total. The summed E-state index contributed by atoms with van der Waals surface area (Å²) in [5, 5.41) is 17.6. The van der Waals surface area contributed by atoms with Gasteiger partial charge in [0.15, 0.2) is 5.82 Å². The fraction of sp³-hybridized carbons (Fsp3) is 0.519. The molecule has 1 aliphatic heterocycles. The van der Waals surface area contributed by atoms with Gasteiger partial charge in [-0.25, -0.2) is 4.79 Å². The van der Waals surface area contributed by atoms with E-state index >= 15 is 0 Å². The molecule has 0 radical (unpaired) electrons. The zero-order valence-electron chi connectivity index (χ0n) is 21.8. The molecule has 1 fully saturated rings. The maximum atomic E-state index is 13.6. The predicted molar refractivity (Wildman–Crippen MR) is 141 cm³/mol. The van der Waals surface area contributed by atoms with Crippen molar-refractivity contribution in [3.8, 4) is 0 Å². The van der Waals surface area contributed by atoms with Crippen molar-refractivity contribution in [1.82, 2.24) is 30.6 Å². The summed E-state index contributed by atoms with van der Waals surface area (Å²) >= 11 is 0. The Morgan fingerprint density at radius 2 is 1.97 bits per heavy atom. The first-order chi connectivity index (χ1) is 17.2. The highest BCUT2D eigenvalue weighted by atomic mass is 16.2. The van der Waals surface area contributed by atoms with E-state index in [2.05, 4.69) is 37.6 Å². The van der Waals surface area contributed by atoms with E-state index in [1.54, 1.807) is 0 Å². The number of amides is 3. The Bertz CT molecular complexity index is 1080. The maximum Gasteiger partial charge on any atom is 0.319 e. The standard InChI is InChI=1S/C27H39N7O2/c1-6-23(35)28-19-13-10-14-20(15-19)29-25-21-16-34(27(2,3)24(21)31-32-25)26(36)30-22(17-33(4)5)18-11-8-7-9-12-18/h6-9,11-12,19-20,22H,1,10,13-17H2,2-5H3,(H,28,35)(H,30,36)(H2,29,31,32)/t19-,20-,22-/m1/s1. The highest BCUT2D eigenvalue weighted by Gasteiger charge is 2.44. The molecule has 3 amide bonds. The summed E-state index contributed by atoms with van der Waals surface area (Å²) in [5.41, 5.74) is 2.53. The number of benzene rings is 1. The number of urea groups is 1. The van der Waals surface area contributed by atoms with E-state index in [1.807, 2.05) is 63.2 Å². The molecule has 2 aromatic rings. The van der Waals surface area contributed by atoms with Gasteiger partial charge in [0.2, 0.25) is 5.91 Å². The summed E-state index contributed by atoms with van der Waals surface area (Å²) in [5.74, 6) is 0.662. The van der Waals surface area contributed by atoms with E-state index in [4.69, 9.17) is 0 Å².